The Kier molecular flexibility index (Phi) is 4.15. The SMILES string of the molecule is CC(c1nnnn1C)N1CCCC(c2nc3c(s2)CCCC3)C1. The Hall–Kier alpha value is -1.34. The van der Waals surface area contributed by atoms with Gasteiger partial charge in [0.1, 0.15) is 0 Å². The van der Waals surface area contributed by atoms with Crippen molar-refractivity contribution in [2.24, 2.45) is 7.05 Å². The van der Waals surface area contributed by atoms with Crippen molar-refractivity contribution >= 4 is 11.3 Å². The van der Waals surface area contributed by atoms with E-state index in [1.807, 2.05) is 18.4 Å². The molecular formula is C16H24N6S. The average molecular weight is 332 g/mol. The quantitative estimate of drug-likeness (QED) is 0.864. The molecule has 3 heterocycles. The number of aromatic nitrogens is 5. The fourth-order valence-electron chi connectivity index (χ4n) is 3.86. The maximum absolute atomic E-state index is 4.99. The van der Waals surface area contributed by atoms with Crippen LogP contribution in [0.3, 0.4) is 0 Å². The van der Waals surface area contributed by atoms with Crippen molar-refractivity contribution in [3.63, 3.8) is 0 Å². The minimum atomic E-state index is 0.257. The molecule has 1 fully saturated rings. The number of tetrazole rings is 1. The Balaban J connectivity index is 1.50. The number of hydrogen-bond acceptors (Lipinski definition) is 6. The van der Waals surface area contributed by atoms with E-state index in [2.05, 4.69) is 27.3 Å². The van der Waals surface area contributed by atoms with Crippen molar-refractivity contribution in [3.8, 4) is 0 Å². The predicted molar refractivity (Wildman–Crippen MR) is 89.5 cm³/mol. The molecule has 0 bridgehead atoms. The first-order chi connectivity index (χ1) is 11.2. The van der Waals surface area contributed by atoms with Crippen LogP contribution in [0.5, 0.6) is 0 Å². The highest BCUT2D eigenvalue weighted by Gasteiger charge is 2.30. The molecule has 0 aromatic carbocycles. The van der Waals surface area contributed by atoms with E-state index in [0.717, 1.165) is 18.9 Å². The summed E-state index contributed by atoms with van der Waals surface area (Å²) >= 11 is 1.97. The van der Waals surface area contributed by atoms with E-state index in [-0.39, 0.29) is 6.04 Å². The minimum absolute atomic E-state index is 0.257. The molecule has 2 aromatic rings. The van der Waals surface area contributed by atoms with E-state index in [9.17, 15) is 0 Å². The molecule has 0 spiro atoms. The van der Waals surface area contributed by atoms with Crippen LogP contribution in [-0.2, 0) is 19.9 Å². The van der Waals surface area contributed by atoms with Gasteiger partial charge in [0.2, 0.25) is 0 Å². The fourth-order valence-corrected chi connectivity index (χ4v) is 5.14. The first-order valence-electron chi connectivity index (χ1n) is 8.67. The Bertz CT molecular complexity index is 654. The molecule has 1 saturated heterocycles. The highest BCUT2D eigenvalue weighted by Crippen LogP contribution is 2.36. The van der Waals surface area contributed by atoms with Crippen LogP contribution >= 0.6 is 11.3 Å². The third-order valence-corrected chi connectivity index (χ3v) is 6.56. The summed E-state index contributed by atoms with van der Waals surface area (Å²) in [6, 6.07) is 0.257. The lowest BCUT2D eigenvalue weighted by Crippen LogP contribution is -2.37. The van der Waals surface area contributed by atoms with Gasteiger partial charge >= 0.3 is 0 Å². The molecule has 1 aliphatic carbocycles. The standard InChI is InChI=1S/C16H24N6S/c1-11(15-18-19-20-21(15)2)22-9-5-6-12(10-22)16-17-13-7-3-4-8-14(13)23-16/h11-12H,3-10H2,1-2H3. The number of nitrogens with zero attached hydrogens (tertiary/aromatic N) is 6. The van der Waals surface area contributed by atoms with Crippen LogP contribution in [0.15, 0.2) is 0 Å². The molecule has 7 heteroatoms. The van der Waals surface area contributed by atoms with Gasteiger partial charge in [-0.1, -0.05) is 0 Å². The normalized spacial score (nSPS) is 23.7. The van der Waals surface area contributed by atoms with Crippen LogP contribution in [0.25, 0.3) is 0 Å². The van der Waals surface area contributed by atoms with Crippen molar-refractivity contribution < 1.29 is 0 Å². The first-order valence-corrected chi connectivity index (χ1v) is 9.49. The van der Waals surface area contributed by atoms with Gasteiger partial charge in [0.15, 0.2) is 5.82 Å². The smallest absolute Gasteiger partial charge is 0.167 e. The van der Waals surface area contributed by atoms with E-state index < -0.39 is 0 Å². The van der Waals surface area contributed by atoms with Crippen LogP contribution in [0, 0.1) is 0 Å². The van der Waals surface area contributed by atoms with Gasteiger partial charge in [-0.15, -0.1) is 16.4 Å². The van der Waals surface area contributed by atoms with Gasteiger partial charge in [0, 0.05) is 24.4 Å². The molecule has 124 valence electrons. The zero-order valence-corrected chi connectivity index (χ0v) is 14.7. The Morgan fingerprint density at radius 1 is 1.22 bits per heavy atom. The van der Waals surface area contributed by atoms with Crippen LogP contribution < -0.4 is 0 Å². The van der Waals surface area contributed by atoms with Crippen molar-refractivity contribution in [2.75, 3.05) is 13.1 Å². The summed E-state index contributed by atoms with van der Waals surface area (Å²) in [6.45, 7) is 4.40. The third-order valence-electron chi connectivity index (χ3n) is 5.24. The maximum Gasteiger partial charge on any atom is 0.167 e. The number of thiazole rings is 1. The third kappa shape index (κ3) is 2.92. The number of fused-ring (bicyclic) bond motifs is 1. The van der Waals surface area contributed by atoms with E-state index in [1.165, 1.54) is 49.2 Å². The summed E-state index contributed by atoms with van der Waals surface area (Å²) in [5.74, 6) is 1.52. The lowest BCUT2D eigenvalue weighted by molar-refractivity contribution is 0.150. The first kappa shape index (κ1) is 15.2. The molecule has 2 atom stereocenters. The summed E-state index contributed by atoms with van der Waals surface area (Å²) in [7, 11) is 1.92. The lowest BCUT2D eigenvalue weighted by Gasteiger charge is -2.35. The van der Waals surface area contributed by atoms with Gasteiger partial charge in [0.05, 0.1) is 16.7 Å². The number of likely N-dealkylation sites (tertiary alicyclic amines) is 1. The van der Waals surface area contributed by atoms with Gasteiger partial charge in [0.25, 0.3) is 0 Å². The average Bonchev–Trinajstić information content (AvgIpc) is 3.20. The second-order valence-corrected chi connectivity index (χ2v) is 7.92. The molecule has 0 saturated carbocycles. The Morgan fingerprint density at radius 2 is 2.09 bits per heavy atom. The highest BCUT2D eigenvalue weighted by molar-refractivity contribution is 7.11. The molecule has 2 aliphatic rings. The molecule has 0 amide bonds. The van der Waals surface area contributed by atoms with Crippen molar-refractivity contribution in [1.82, 2.24) is 30.1 Å². The second kappa shape index (κ2) is 6.28. The zero-order chi connectivity index (χ0) is 15.8. The predicted octanol–water partition coefficient (Wildman–Crippen LogP) is 2.49. The van der Waals surface area contributed by atoms with E-state index in [0.29, 0.717) is 5.92 Å². The second-order valence-electron chi connectivity index (χ2n) is 6.80. The van der Waals surface area contributed by atoms with Gasteiger partial charge in [-0.25, -0.2) is 9.67 Å². The van der Waals surface area contributed by atoms with Gasteiger partial charge in [-0.05, 0) is 62.4 Å². The lowest BCUT2D eigenvalue weighted by atomic mass is 9.97. The summed E-state index contributed by atoms with van der Waals surface area (Å²) in [5.41, 5.74) is 1.39. The summed E-state index contributed by atoms with van der Waals surface area (Å²) in [6.07, 6.45) is 7.55. The van der Waals surface area contributed by atoms with Gasteiger partial charge in [-0.2, -0.15) is 0 Å². The van der Waals surface area contributed by atoms with Gasteiger partial charge < -0.3 is 0 Å². The molecule has 6 nitrogen and oxygen atoms in total. The summed E-state index contributed by atoms with van der Waals surface area (Å²) < 4.78 is 1.79. The number of piperidine rings is 1. The highest BCUT2D eigenvalue weighted by atomic mass is 32.1. The largest absolute Gasteiger partial charge is 0.293 e. The van der Waals surface area contributed by atoms with Crippen molar-refractivity contribution in [1.29, 1.82) is 0 Å². The van der Waals surface area contributed by atoms with E-state index in [4.69, 9.17) is 4.98 Å². The van der Waals surface area contributed by atoms with Crippen LogP contribution in [0.4, 0.5) is 0 Å². The number of hydrogen-bond donors (Lipinski definition) is 0. The molecule has 4 rings (SSSR count). The summed E-state index contributed by atoms with van der Waals surface area (Å²) in [5, 5.41) is 13.3. The molecule has 0 N–H and O–H groups in total. The van der Waals surface area contributed by atoms with Crippen LogP contribution in [-0.4, -0.2) is 43.2 Å². The fraction of sp³-hybridized carbons (Fsp3) is 0.750. The topological polar surface area (TPSA) is 59.7 Å². The van der Waals surface area contributed by atoms with Crippen molar-refractivity contribution in [3.05, 3.63) is 21.4 Å². The molecule has 2 aromatic heterocycles. The monoisotopic (exact) mass is 332 g/mol. The molecule has 1 aliphatic heterocycles. The Morgan fingerprint density at radius 3 is 2.87 bits per heavy atom. The molecule has 23 heavy (non-hydrogen) atoms. The molecular weight excluding hydrogens is 308 g/mol. The Labute approximate surface area is 140 Å². The van der Waals surface area contributed by atoms with Crippen molar-refractivity contribution in [2.45, 2.75) is 57.4 Å². The van der Waals surface area contributed by atoms with Gasteiger partial charge in [-0.3, -0.25) is 4.90 Å². The number of rotatable bonds is 3. The summed E-state index contributed by atoms with van der Waals surface area (Å²) in [4.78, 5) is 9.06. The zero-order valence-electron chi connectivity index (χ0n) is 13.9. The molecule has 0 radical (unpaired) electrons. The maximum atomic E-state index is 4.99. The molecule has 2 unspecified atom stereocenters. The van der Waals surface area contributed by atoms with Crippen LogP contribution in [0.1, 0.15) is 66.0 Å². The van der Waals surface area contributed by atoms with E-state index in [1.54, 1.807) is 9.56 Å². The minimum Gasteiger partial charge on any atom is -0.293 e. The number of aryl methyl sites for hydroxylation is 3. The van der Waals surface area contributed by atoms with E-state index >= 15 is 0 Å². The van der Waals surface area contributed by atoms with Crippen LogP contribution in [0.2, 0.25) is 0 Å².